The number of rotatable bonds is 5. The summed E-state index contributed by atoms with van der Waals surface area (Å²) in [6.07, 6.45) is 4.56. The number of nitrogens with zero attached hydrogens (tertiary/aromatic N) is 1. The fourth-order valence-corrected chi connectivity index (χ4v) is 2.62. The van der Waals surface area contributed by atoms with Gasteiger partial charge in [0.05, 0.1) is 0 Å². The second kappa shape index (κ2) is 5.01. The first kappa shape index (κ1) is 14.1. The molecule has 0 aromatic heterocycles. The summed E-state index contributed by atoms with van der Waals surface area (Å²) in [7, 11) is 0. The first-order chi connectivity index (χ1) is 8.87. The number of nitrogens with two attached hydrogens (primary N) is 1. The third kappa shape index (κ3) is 3.19. The molecule has 1 aromatic carbocycles. The topological polar surface area (TPSA) is 29.3 Å². The quantitative estimate of drug-likeness (QED) is 0.646. The number of benzene rings is 1. The molecule has 1 aliphatic carbocycles. The average Bonchev–Trinajstić information content (AvgIpc) is 3.09. The predicted octanol–water partition coefficient (Wildman–Crippen LogP) is 3.59. The maximum atomic E-state index is 5.78. The Labute approximate surface area is 117 Å². The largest absolute Gasteiger partial charge is 0.399 e. The molecule has 0 heterocycles. The molecule has 104 valence electrons. The van der Waals surface area contributed by atoms with Gasteiger partial charge in [-0.3, -0.25) is 4.90 Å². The molecule has 0 spiro atoms. The van der Waals surface area contributed by atoms with Gasteiger partial charge in [-0.15, -0.1) is 6.58 Å². The second-order valence-corrected chi connectivity index (χ2v) is 6.74. The van der Waals surface area contributed by atoms with Crippen molar-refractivity contribution in [2.24, 2.45) is 0 Å². The Bertz CT molecular complexity index is 435. The summed E-state index contributed by atoms with van der Waals surface area (Å²) < 4.78 is 0. The number of hydrogen-bond donors (Lipinski definition) is 1. The van der Waals surface area contributed by atoms with E-state index in [1.165, 1.54) is 18.4 Å². The van der Waals surface area contributed by atoms with Crippen molar-refractivity contribution in [2.45, 2.75) is 44.6 Å². The molecule has 0 saturated heterocycles. The Morgan fingerprint density at radius 2 is 1.84 bits per heavy atom. The van der Waals surface area contributed by atoms with Crippen molar-refractivity contribution >= 4 is 5.69 Å². The normalized spacial score (nSPS) is 17.5. The summed E-state index contributed by atoms with van der Waals surface area (Å²) in [5.74, 6) is 0. The first-order valence-corrected chi connectivity index (χ1v) is 7.09. The maximum absolute atomic E-state index is 5.78. The van der Waals surface area contributed by atoms with Crippen LogP contribution >= 0.6 is 0 Å². The van der Waals surface area contributed by atoms with Gasteiger partial charge in [0.15, 0.2) is 0 Å². The van der Waals surface area contributed by atoms with Gasteiger partial charge in [-0.1, -0.05) is 18.2 Å². The summed E-state index contributed by atoms with van der Waals surface area (Å²) in [5.41, 5.74) is 8.58. The molecule has 0 radical (unpaired) electrons. The molecular weight excluding hydrogens is 232 g/mol. The van der Waals surface area contributed by atoms with Crippen LogP contribution in [-0.2, 0) is 5.41 Å². The zero-order chi connectivity index (χ0) is 14.1. The van der Waals surface area contributed by atoms with Gasteiger partial charge in [-0.05, 0) is 51.3 Å². The molecule has 1 saturated carbocycles. The van der Waals surface area contributed by atoms with E-state index < -0.39 is 0 Å². The molecule has 0 amide bonds. The zero-order valence-electron chi connectivity index (χ0n) is 12.4. The molecule has 2 N–H and O–H groups in total. The maximum Gasteiger partial charge on any atom is 0.0314 e. The Kier molecular flexibility index (Phi) is 3.73. The van der Waals surface area contributed by atoms with Crippen molar-refractivity contribution in [1.82, 2.24) is 4.90 Å². The molecule has 0 unspecified atom stereocenters. The van der Waals surface area contributed by atoms with Crippen LogP contribution in [0.5, 0.6) is 0 Å². The summed E-state index contributed by atoms with van der Waals surface area (Å²) >= 11 is 0. The Balaban J connectivity index is 2.16. The van der Waals surface area contributed by atoms with E-state index in [1.54, 1.807) is 0 Å². The van der Waals surface area contributed by atoms with E-state index in [4.69, 9.17) is 5.73 Å². The van der Waals surface area contributed by atoms with Crippen LogP contribution in [0, 0.1) is 0 Å². The Morgan fingerprint density at radius 1 is 1.26 bits per heavy atom. The number of anilines is 1. The molecule has 2 rings (SSSR count). The van der Waals surface area contributed by atoms with E-state index in [0.29, 0.717) is 5.41 Å². The molecule has 2 heteroatoms. The van der Waals surface area contributed by atoms with Gasteiger partial charge in [-0.2, -0.15) is 0 Å². The van der Waals surface area contributed by atoms with E-state index in [9.17, 15) is 0 Å². The molecule has 0 aliphatic heterocycles. The van der Waals surface area contributed by atoms with Crippen LogP contribution in [0.15, 0.2) is 36.9 Å². The average molecular weight is 258 g/mol. The molecular formula is C17H26N2. The van der Waals surface area contributed by atoms with Gasteiger partial charge in [0.1, 0.15) is 0 Å². The van der Waals surface area contributed by atoms with Crippen LogP contribution < -0.4 is 5.73 Å². The Hall–Kier alpha value is -1.28. The van der Waals surface area contributed by atoms with E-state index >= 15 is 0 Å². The third-order valence-electron chi connectivity index (χ3n) is 4.17. The summed E-state index contributed by atoms with van der Waals surface area (Å²) in [4.78, 5) is 2.52. The van der Waals surface area contributed by atoms with E-state index in [2.05, 4.69) is 44.4 Å². The van der Waals surface area contributed by atoms with Gasteiger partial charge in [0, 0.05) is 29.7 Å². The van der Waals surface area contributed by atoms with Crippen molar-refractivity contribution < 1.29 is 0 Å². The fraction of sp³-hybridized carbons (Fsp3) is 0.529. The molecule has 1 aromatic rings. The molecule has 0 atom stereocenters. The van der Waals surface area contributed by atoms with Crippen LogP contribution in [0.2, 0.25) is 0 Å². The minimum Gasteiger partial charge on any atom is -0.399 e. The van der Waals surface area contributed by atoms with Crippen LogP contribution in [-0.4, -0.2) is 23.5 Å². The van der Waals surface area contributed by atoms with Gasteiger partial charge >= 0.3 is 0 Å². The lowest BCUT2D eigenvalue weighted by molar-refractivity contribution is 0.139. The van der Waals surface area contributed by atoms with Crippen molar-refractivity contribution in [3.8, 4) is 0 Å². The first-order valence-electron chi connectivity index (χ1n) is 7.09. The van der Waals surface area contributed by atoms with Crippen molar-refractivity contribution in [3.63, 3.8) is 0 Å². The molecule has 1 aliphatic rings. The van der Waals surface area contributed by atoms with Gasteiger partial charge < -0.3 is 5.73 Å². The van der Waals surface area contributed by atoms with Gasteiger partial charge in [0.25, 0.3) is 0 Å². The molecule has 2 nitrogen and oxygen atoms in total. The minimum absolute atomic E-state index is 0.178. The molecule has 19 heavy (non-hydrogen) atoms. The highest BCUT2D eigenvalue weighted by atomic mass is 15.2. The smallest absolute Gasteiger partial charge is 0.0314 e. The van der Waals surface area contributed by atoms with Crippen LogP contribution in [0.25, 0.3) is 0 Å². The van der Waals surface area contributed by atoms with Crippen molar-refractivity contribution in [1.29, 1.82) is 0 Å². The summed E-state index contributed by atoms with van der Waals surface area (Å²) in [6, 6.07) is 8.42. The highest BCUT2D eigenvalue weighted by molar-refractivity contribution is 5.43. The standard InChI is InChI=1S/C17H26N2/c1-5-12-19(16(2,3)4)13-17(10-11-17)14-6-8-15(18)9-7-14/h5-9H,1,10-13,18H2,2-4H3. The number of nitrogen functional groups attached to an aromatic ring is 1. The number of hydrogen-bond acceptors (Lipinski definition) is 2. The third-order valence-corrected chi connectivity index (χ3v) is 4.17. The summed E-state index contributed by atoms with van der Waals surface area (Å²) in [5, 5.41) is 0. The molecule has 1 fully saturated rings. The van der Waals surface area contributed by atoms with E-state index in [1.807, 2.05) is 18.2 Å². The second-order valence-electron chi connectivity index (χ2n) is 6.74. The lowest BCUT2D eigenvalue weighted by atomic mass is 9.93. The monoisotopic (exact) mass is 258 g/mol. The van der Waals surface area contributed by atoms with Crippen LogP contribution in [0.4, 0.5) is 5.69 Å². The zero-order valence-corrected chi connectivity index (χ0v) is 12.4. The highest BCUT2D eigenvalue weighted by Gasteiger charge is 2.46. The van der Waals surface area contributed by atoms with Crippen LogP contribution in [0.3, 0.4) is 0 Å². The van der Waals surface area contributed by atoms with E-state index in [0.717, 1.165) is 18.8 Å². The molecule has 0 bridgehead atoms. The van der Waals surface area contributed by atoms with Crippen molar-refractivity contribution in [2.75, 3.05) is 18.8 Å². The SMILES string of the molecule is C=CCN(CC1(c2ccc(N)cc2)CC1)C(C)(C)C. The lowest BCUT2D eigenvalue weighted by Gasteiger charge is -2.38. The van der Waals surface area contributed by atoms with Gasteiger partial charge in [-0.25, -0.2) is 0 Å². The summed E-state index contributed by atoms with van der Waals surface area (Å²) in [6.45, 7) is 12.8. The van der Waals surface area contributed by atoms with E-state index in [-0.39, 0.29) is 5.54 Å². The lowest BCUT2D eigenvalue weighted by Crippen LogP contribution is -2.45. The fourth-order valence-electron chi connectivity index (χ4n) is 2.62. The van der Waals surface area contributed by atoms with Gasteiger partial charge in [0.2, 0.25) is 0 Å². The van der Waals surface area contributed by atoms with Crippen LogP contribution in [0.1, 0.15) is 39.2 Å². The Morgan fingerprint density at radius 3 is 2.26 bits per heavy atom. The minimum atomic E-state index is 0.178. The highest BCUT2D eigenvalue weighted by Crippen LogP contribution is 2.49. The van der Waals surface area contributed by atoms with Crippen molar-refractivity contribution in [3.05, 3.63) is 42.5 Å². The predicted molar refractivity (Wildman–Crippen MR) is 83.3 cm³/mol.